The van der Waals surface area contributed by atoms with Crippen molar-refractivity contribution in [2.24, 2.45) is 0 Å². The Morgan fingerprint density at radius 3 is 2.93 bits per heavy atom. The summed E-state index contributed by atoms with van der Waals surface area (Å²) in [6.45, 7) is 5.44. The van der Waals surface area contributed by atoms with Gasteiger partial charge in [0.05, 0.1) is 0 Å². The molecule has 1 aromatic rings. The molecular weight excluding hydrogens is 216 g/mol. The maximum absolute atomic E-state index is 5.03. The van der Waals surface area contributed by atoms with Crippen LogP contribution < -0.4 is 4.90 Å². The van der Waals surface area contributed by atoms with Gasteiger partial charge in [0.2, 0.25) is 5.13 Å². The van der Waals surface area contributed by atoms with Gasteiger partial charge in [0.15, 0.2) is 3.95 Å². The monoisotopic (exact) mass is 230 g/mol. The molecule has 1 aliphatic heterocycles. The highest BCUT2D eigenvalue weighted by molar-refractivity contribution is 7.73. The SMILES string of the molecule is CC1CN(C)CCN1c1n[nH]c(=S)s1. The van der Waals surface area contributed by atoms with E-state index in [9.17, 15) is 0 Å². The molecule has 2 rings (SSSR count). The summed E-state index contributed by atoms with van der Waals surface area (Å²) < 4.78 is 0.756. The van der Waals surface area contributed by atoms with Crippen LogP contribution in [0.25, 0.3) is 0 Å². The second-order valence-corrected chi connectivity index (χ2v) is 5.34. The summed E-state index contributed by atoms with van der Waals surface area (Å²) >= 11 is 6.58. The summed E-state index contributed by atoms with van der Waals surface area (Å²) in [6.07, 6.45) is 0. The molecule has 6 heteroatoms. The lowest BCUT2D eigenvalue weighted by Crippen LogP contribution is -2.50. The summed E-state index contributed by atoms with van der Waals surface area (Å²) in [5.74, 6) is 0. The number of nitrogens with zero attached hydrogens (tertiary/aromatic N) is 3. The van der Waals surface area contributed by atoms with Gasteiger partial charge < -0.3 is 9.80 Å². The normalized spacial score (nSPS) is 24.1. The molecule has 0 aromatic carbocycles. The van der Waals surface area contributed by atoms with Gasteiger partial charge in [-0.05, 0) is 26.2 Å². The number of nitrogens with one attached hydrogen (secondary N) is 1. The van der Waals surface area contributed by atoms with Crippen LogP contribution in [0.5, 0.6) is 0 Å². The zero-order valence-corrected chi connectivity index (χ0v) is 9.99. The number of anilines is 1. The minimum Gasteiger partial charge on any atom is -0.341 e. The smallest absolute Gasteiger partial charge is 0.207 e. The van der Waals surface area contributed by atoms with Crippen molar-refractivity contribution in [3.8, 4) is 0 Å². The van der Waals surface area contributed by atoms with Gasteiger partial charge in [-0.3, -0.25) is 5.10 Å². The van der Waals surface area contributed by atoms with Gasteiger partial charge in [0.1, 0.15) is 0 Å². The predicted octanol–water partition coefficient (Wildman–Crippen LogP) is 1.34. The van der Waals surface area contributed by atoms with Crippen LogP contribution in [0, 0.1) is 3.95 Å². The minimum atomic E-state index is 0.516. The summed E-state index contributed by atoms with van der Waals surface area (Å²) in [5.41, 5.74) is 0. The first-order valence-electron chi connectivity index (χ1n) is 4.67. The molecule has 0 spiro atoms. The first-order chi connectivity index (χ1) is 6.66. The number of aromatic nitrogens is 2. The molecule has 4 nitrogen and oxygen atoms in total. The van der Waals surface area contributed by atoms with Crippen molar-refractivity contribution in [3.63, 3.8) is 0 Å². The highest BCUT2D eigenvalue weighted by Gasteiger charge is 2.23. The Kier molecular flexibility index (Phi) is 2.85. The van der Waals surface area contributed by atoms with Crippen LogP contribution in [0.3, 0.4) is 0 Å². The second kappa shape index (κ2) is 3.96. The molecule has 0 radical (unpaired) electrons. The van der Waals surface area contributed by atoms with Crippen LogP contribution in [-0.2, 0) is 0 Å². The quantitative estimate of drug-likeness (QED) is 0.739. The lowest BCUT2D eigenvalue weighted by Gasteiger charge is -2.37. The number of aromatic amines is 1. The molecule has 1 N–H and O–H groups in total. The van der Waals surface area contributed by atoms with Crippen molar-refractivity contribution in [2.75, 3.05) is 31.6 Å². The largest absolute Gasteiger partial charge is 0.341 e. The van der Waals surface area contributed by atoms with E-state index in [1.165, 1.54) is 0 Å². The van der Waals surface area contributed by atoms with Crippen molar-refractivity contribution >= 4 is 28.7 Å². The molecule has 0 amide bonds. The van der Waals surface area contributed by atoms with E-state index in [1.807, 2.05) is 0 Å². The van der Waals surface area contributed by atoms with Crippen LogP contribution in [0.2, 0.25) is 0 Å². The number of H-pyrrole nitrogens is 1. The molecule has 14 heavy (non-hydrogen) atoms. The number of likely N-dealkylation sites (N-methyl/N-ethyl adjacent to an activating group) is 1. The van der Waals surface area contributed by atoms with E-state index in [1.54, 1.807) is 11.3 Å². The Morgan fingerprint density at radius 1 is 1.57 bits per heavy atom. The van der Waals surface area contributed by atoms with Crippen LogP contribution in [0.1, 0.15) is 6.92 Å². The van der Waals surface area contributed by atoms with Crippen molar-refractivity contribution in [2.45, 2.75) is 13.0 Å². The maximum Gasteiger partial charge on any atom is 0.207 e. The Balaban J connectivity index is 2.15. The average molecular weight is 230 g/mol. The predicted molar refractivity (Wildman–Crippen MR) is 61.6 cm³/mol. The molecular formula is C8H14N4S2. The third kappa shape index (κ3) is 1.97. The molecule has 0 aliphatic carbocycles. The lowest BCUT2D eigenvalue weighted by atomic mass is 10.2. The van der Waals surface area contributed by atoms with Crippen molar-refractivity contribution in [3.05, 3.63) is 3.95 Å². The zero-order chi connectivity index (χ0) is 10.1. The molecule has 78 valence electrons. The van der Waals surface area contributed by atoms with Crippen molar-refractivity contribution in [1.29, 1.82) is 0 Å². The highest BCUT2D eigenvalue weighted by atomic mass is 32.1. The fourth-order valence-corrected chi connectivity index (χ4v) is 2.77. The average Bonchev–Trinajstić information content (AvgIpc) is 2.51. The van der Waals surface area contributed by atoms with Gasteiger partial charge in [-0.2, -0.15) is 0 Å². The van der Waals surface area contributed by atoms with Crippen LogP contribution in [0.15, 0.2) is 0 Å². The maximum atomic E-state index is 5.03. The van der Waals surface area contributed by atoms with Crippen molar-refractivity contribution < 1.29 is 0 Å². The summed E-state index contributed by atoms with van der Waals surface area (Å²) in [4.78, 5) is 4.66. The first kappa shape index (κ1) is 10.1. The van der Waals surface area contributed by atoms with Crippen LogP contribution >= 0.6 is 23.6 Å². The van der Waals surface area contributed by atoms with Gasteiger partial charge in [-0.15, -0.1) is 5.10 Å². The molecule has 1 aliphatic rings. The fraction of sp³-hybridized carbons (Fsp3) is 0.750. The van der Waals surface area contributed by atoms with Gasteiger partial charge in [0.25, 0.3) is 0 Å². The number of piperazine rings is 1. The Labute approximate surface area is 92.5 Å². The van der Waals surface area contributed by atoms with Gasteiger partial charge >= 0.3 is 0 Å². The van der Waals surface area contributed by atoms with E-state index in [2.05, 4.69) is 34.0 Å². The van der Waals surface area contributed by atoms with E-state index in [4.69, 9.17) is 12.2 Å². The van der Waals surface area contributed by atoms with Gasteiger partial charge in [-0.25, -0.2) is 0 Å². The highest BCUT2D eigenvalue weighted by Crippen LogP contribution is 2.21. The number of hydrogen-bond donors (Lipinski definition) is 1. The Bertz CT molecular complexity index is 358. The summed E-state index contributed by atoms with van der Waals surface area (Å²) in [5, 5.41) is 8.06. The first-order valence-corrected chi connectivity index (χ1v) is 5.90. The van der Waals surface area contributed by atoms with Crippen LogP contribution in [-0.4, -0.2) is 47.8 Å². The number of hydrogen-bond acceptors (Lipinski definition) is 5. The standard InChI is InChI=1S/C8H14N4S2/c1-6-5-11(2)3-4-12(6)7-9-10-8(13)14-7/h6H,3-5H2,1-2H3,(H,10,13). The van der Waals surface area contributed by atoms with E-state index in [0.717, 1.165) is 28.7 Å². The van der Waals surface area contributed by atoms with Gasteiger partial charge in [-0.1, -0.05) is 11.3 Å². The van der Waals surface area contributed by atoms with E-state index >= 15 is 0 Å². The van der Waals surface area contributed by atoms with Crippen molar-refractivity contribution in [1.82, 2.24) is 15.1 Å². The molecule has 0 saturated carbocycles. The van der Waals surface area contributed by atoms with Crippen LogP contribution in [0.4, 0.5) is 5.13 Å². The lowest BCUT2D eigenvalue weighted by molar-refractivity contribution is 0.275. The van der Waals surface area contributed by atoms with E-state index in [-0.39, 0.29) is 0 Å². The topological polar surface area (TPSA) is 35.2 Å². The van der Waals surface area contributed by atoms with Gasteiger partial charge in [0, 0.05) is 25.7 Å². The minimum absolute atomic E-state index is 0.516. The Hall–Kier alpha value is -0.460. The zero-order valence-electron chi connectivity index (χ0n) is 8.36. The fourth-order valence-electron chi connectivity index (χ4n) is 1.77. The number of rotatable bonds is 1. The summed E-state index contributed by atoms with van der Waals surface area (Å²) in [6, 6.07) is 0.516. The molecule has 1 fully saturated rings. The third-order valence-corrected chi connectivity index (χ3v) is 3.63. The molecule has 1 atom stereocenters. The summed E-state index contributed by atoms with van der Waals surface area (Å²) in [7, 11) is 2.15. The van der Waals surface area contributed by atoms with E-state index < -0.39 is 0 Å². The third-order valence-electron chi connectivity index (χ3n) is 2.50. The molecule has 2 heterocycles. The van der Waals surface area contributed by atoms with E-state index in [0.29, 0.717) is 6.04 Å². The molecule has 1 unspecified atom stereocenters. The molecule has 1 saturated heterocycles. The molecule has 0 bridgehead atoms. The Morgan fingerprint density at radius 2 is 2.36 bits per heavy atom. The second-order valence-electron chi connectivity index (χ2n) is 3.70. The molecule has 1 aromatic heterocycles.